The third kappa shape index (κ3) is 6.98. The lowest BCUT2D eigenvalue weighted by Gasteiger charge is -2.37. The van der Waals surface area contributed by atoms with E-state index in [2.05, 4.69) is 29.4 Å². The van der Waals surface area contributed by atoms with Gasteiger partial charge in [0.25, 0.3) is 5.91 Å². The number of nitrogens with one attached hydrogen (secondary N) is 2. The first kappa shape index (κ1) is 23.6. The summed E-state index contributed by atoms with van der Waals surface area (Å²) in [6.45, 7) is 12.1. The van der Waals surface area contributed by atoms with E-state index >= 15 is 0 Å². The average Bonchev–Trinajstić information content (AvgIpc) is 2.72. The predicted octanol–water partition coefficient (Wildman–Crippen LogP) is 2.96. The van der Waals surface area contributed by atoms with Gasteiger partial charge in [-0.25, -0.2) is 0 Å². The van der Waals surface area contributed by atoms with Gasteiger partial charge in [-0.3, -0.25) is 14.5 Å². The molecule has 0 bridgehead atoms. The number of amides is 2. The van der Waals surface area contributed by atoms with Crippen molar-refractivity contribution in [2.75, 3.05) is 32.8 Å². The molecule has 0 spiro atoms. The highest BCUT2D eigenvalue weighted by Crippen LogP contribution is 2.14. The van der Waals surface area contributed by atoms with Crippen molar-refractivity contribution in [1.82, 2.24) is 15.5 Å². The molecule has 2 N–H and O–H groups in total. The molecule has 2 rings (SSSR count). The molecule has 0 radical (unpaired) electrons. The zero-order valence-corrected chi connectivity index (χ0v) is 18.7. The number of morpholine rings is 1. The third-order valence-electron chi connectivity index (χ3n) is 5.66. The second-order valence-corrected chi connectivity index (χ2v) is 8.48. The second kappa shape index (κ2) is 11.5. The van der Waals surface area contributed by atoms with Gasteiger partial charge in [0.1, 0.15) is 6.04 Å². The second-order valence-electron chi connectivity index (χ2n) is 8.05. The van der Waals surface area contributed by atoms with Gasteiger partial charge in [-0.15, -0.1) is 0 Å². The molecule has 6 nitrogen and oxygen atoms in total. The van der Waals surface area contributed by atoms with Crippen molar-refractivity contribution in [3.05, 3.63) is 34.9 Å². The Morgan fingerprint density at radius 3 is 2.31 bits per heavy atom. The number of ether oxygens (including phenoxy) is 1. The van der Waals surface area contributed by atoms with Crippen molar-refractivity contribution in [2.24, 2.45) is 11.8 Å². The Hall–Kier alpha value is -1.63. The fraction of sp³-hybridized carbons (Fsp3) is 0.636. The quantitative estimate of drug-likeness (QED) is 0.640. The zero-order chi connectivity index (χ0) is 21.4. The standard InChI is InChI=1S/C22H34ClN3O3/c1-5-16(4)20(25-21(27)17-6-8-18(23)9-7-17)22(28)24-14-19(15(2)3)26-10-12-29-13-11-26/h6-9,15-16,19-20H,5,10-14H2,1-4H3,(H,24,28)(H,25,27). The molecule has 3 atom stereocenters. The van der Waals surface area contributed by atoms with E-state index in [0.717, 1.165) is 32.7 Å². The van der Waals surface area contributed by atoms with Gasteiger partial charge in [0.05, 0.1) is 13.2 Å². The molecule has 162 valence electrons. The molecule has 2 amide bonds. The molecule has 1 aliphatic rings. The summed E-state index contributed by atoms with van der Waals surface area (Å²) in [4.78, 5) is 28.0. The largest absolute Gasteiger partial charge is 0.379 e. The Bertz CT molecular complexity index is 660. The van der Waals surface area contributed by atoms with E-state index in [-0.39, 0.29) is 23.8 Å². The van der Waals surface area contributed by atoms with E-state index in [0.29, 0.717) is 23.0 Å². The van der Waals surface area contributed by atoms with E-state index in [1.54, 1.807) is 24.3 Å². The van der Waals surface area contributed by atoms with Crippen LogP contribution in [0.2, 0.25) is 5.02 Å². The molecule has 1 aliphatic heterocycles. The van der Waals surface area contributed by atoms with Crippen LogP contribution in [0.3, 0.4) is 0 Å². The predicted molar refractivity (Wildman–Crippen MR) is 116 cm³/mol. The number of carbonyl (C=O) groups is 2. The summed E-state index contributed by atoms with van der Waals surface area (Å²) in [5, 5.41) is 6.56. The van der Waals surface area contributed by atoms with Crippen LogP contribution in [0.4, 0.5) is 0 Å². The minimum atomic E-state index is -0.583. The smallest absolute Gasteiger partial charge is 0.251 e. The Morgan fingerprint density at radius 2 is 1.76 bits per heavy atom. The normalized spacial score (nSPS) is 18.1. The van der Waals surface area contributed by atoms with Crippen molar-refractivity contribution in [2.45, 2.75) is 46.2 Å². The number of nitrogens with zero attached hydrogens (tertiary/aromatic N) is 1. The minimum absolute atomic E-state index is 0.0205. The maximum Gasteiger partial charge on any atom is 0.251 e. The monoisotopic (exact) mass is 423 g/mol. The fourth-order valence-electron chi connectivity index (χ4n) is 3.54. The lowest BCUT2D eigenvalue weighted by Crippen LogP contribution is -2.55. The summed E-state index contributed by atoms with van der Waals surface area (Å²) in [6.07, 6.45) is 0.788. The van der Waals surface area contributed by atoms with Gasteiger partial charge in [-0.1, -0.05) is 45.7 Å². The molecule has 1 aromatic rings. The first-order valence-electron chi connectivity index (χ1n) is 10.5. The van der Waals surface area contributed by atoms with Crippen LogP contribution in [0.1, 0.15) is 44.5 Å². The maximum atomic E-state index is 13.0. The van der Waals surface area contributed by atoms with Crippen molar-refractivity contribution in [1.29, 1.82) is 0 Å². The molecule has 1 fully saturated rings. The topological polar surface area (TPSA) is 70.7 Å². The summed E-state index contributed by atoms with van der Waals surface area (Å²) >= 11 is 5.90. The zero-order valence-electron chi connectivity index (χ0n) is 17.9. The van der Waals surface area contributed by atoms with Crippen LogP contribution in [-0.2, 0) is 9.53 Å². The number of benzene rings is 1. The van der Waals surface area contributed by atoms with Crippen LogP contribution < -0.4 is 10.6 Å². The number of hydrogen-bond donors (Lipinski definition) is 2. The van der Waals surface area contributed by atoms with E-state index in [1.165, 1.54) is 0 Å². The highest BCUT2D eigenvalue weighted by atomic mass is 35.5. The van der Waals surface area contributed by atoms with Crippen LogP contribution >= 0.6 is 11.6 Å². The summed E-state index contributed by atoms with van der Waals surface area (Å²) in [5.41, 5.74) is 0.490. The Balaban J connectivity index is 2.01. The first-order valence-corrected chi connectivity index (χ1v) is 10.9. The van der Waals surface area contributed by atoms with Gasteiger partial charge in [0.15, 0.2) is 0 Å². The van der Waals surface area contributed by atoms with Gasteiger partial charge in [0, 0.05) is 36.3 Å². The lowest BCUT2D eigenvalue weighted by molar-refractivity contribution is -0.124. The summed E-state index contributed by atoms with van der Waals surface area (Å²) in [5.74, 6) is 0.0162. The van der Waals surface area contributed by atoms with Crippen molar-refractivity contribution < 1.29 is 14.3 Å². The Kier molecular flexibility index (Phi) is 9.40. The number of hydrogen-bond acceptors (Lipinski definition) is 4. The van der Waals surface area contributed by atoms with Crippen LogP contribution in [0.5, 0.6) is 0 Å². The van der Waals surface area contributed by atoms with Gasteiger partial charge in [0.2, 0.25) is 5.91 Å². The SMILES string of the molecule is CCC(C)C(NC(=O)c1ccc(Cl)cc1)C(=O)NCC(C(C)C)N1CCOCC1. The average molecular weight is 424 g/mol. The van der Waals surface area contributed by atoms with Crippen LogP contribution in [-0.4, -0.2) is 61.6 Å². The molecule has 7 heteroatoms. The van der Waals surface area contributed by atoms with Gasteiger partial charge in [-0.05, 0) is 36.1 Å². The van der Waals surface area contributed by atoms with Crippen LogP contribution in [0, 0.1) is 11.8 Å². The molecule has 0 aliphatic carbocycles. The van der Waals surface area contributed by atoms with E-state index < -0.39 is 6.04 Å². The van der Waals surface area contributed by atoms with Crippen LogP contribution in [0.15, 0.2) is 24.3 Å². The van der Waals surface area contributed by atoms with E-state index in [9.17, 15) is 9.59 Å². The maximum absolute atomic E-state index is 13.0. The van der Waals surface area contributed by atoms with Crippen molar-refractivity contribution in [3.8, 4) is 0 Å². The van der Waals surface area contributed by atoms with Crippen LogP contribution in [0.25, 0.3) is 0 Å². The summed E-state index contributed by atoms with van der Waals surface area (Å²) in [6, 6.07) is 6.33. The lowest BCUT2D eigenvalue weighted by atomic mass is 9.97. The summed E-state index contributed by atoms with van der Waals surface area (Å²) in [7, 11) is 0. The minimum Gasteiger partial charge on any atom is -0.379 e. The van der Waals surface area contributed by atoms with Crippen molar-refractivity contribution in [3.63, 3.8) is 0 Å². The number of halogens is 1. The molecule has 0 aromatic heterocycles. The van der Waals surface area contributed by atoms with Gasteiger partial charge >= 0.3 is 0 Å². The highest BCUT2D eigenvalue weighted by molar-refractivity contribution is 6.30. The number of rotatable bonds is 9. The van der Waals surface area contributed by atoms with E-state index in [1.807, 2.05) is 13.8 Å². The first-order chi connectivity index (χ1) is 13.8. The molecular formula is C22H34ClN3O3. The van der Waals surface area contributed by atoms with Crippen molar-refractivity contribution >= 4 is 23.4 Å². The van der Waals surface area contributed by atoms with E-state index in [4.69, 9.17) is 16.3 Å². The molecule has 1 aromatic carbocycles. The highest BCUT2D eigenvalue weighted by Gasteiger charge is 2.29. The number of carbonyl (C=O) groups excluding carboxylic acids is 2. The van der Waals surface area contributed by atoms with Gasteiger partial charge in [-0.2, -0.15) is 0 Å². The molecule has 1 heterocycles. The summed E-state index contributed by atoms with van der Waals surface area (Å²) < 4.78 is 5.45. The fourth-order valence-corrected chi connectivity index (χ4v) is 3.66. The van der Waals surface area contributed by atoms with Gasteiger partial charge < -0.3 is 15.4 Å². The molecule has 29 heavy (non-hydrogen) atoms. The Labute approximate surface area is 179 Å². The third-order valence-corrected chi connectivity index (χ3v) is 5.91. The Morgan fingerprint density at radius 1 is 1.14 bits per heavy atom. The molecule has 3 unspecified atom stereocenters. The molecular weight excluding hydrogens is 390 g/mol. The molecule has 0 saturated carbocycles. The molecule has 1 saturated heterocycles.